The Labute approximate surface area is 115 Å². The largest absolute Gasteiger partial charge is 0.481 e. The van der Waals surface area contributed by atoms with Gasteiger partial charge in [0.2, 0.25) is 0 Å². The lowest BCUT2D eigenvalue weighted by atomic mass is 10.2. The number of carboxylic acid groups (broad SMARTS) is 1. The summed E-state index contributed by atoms with van der Waals surface area (Å²) in [5.41, 5.74) is 2.60. The first-order chi connectivity index (χ1) is 9.04. The van der Waals surface area contributed by atoms with E-state index < -0.39 is 5.97 Å². The number of aryl methyl sites for hydroxylation is 1. The van der Waals surface area contributed by atoms with Gasteiger partial charge >= 0.3 is 5.97 Å². The molecule has 0 bridgehead atoms. The van der Waals surface area contributed by atoms with Crippen molar-refractivity contribution in [2.75, 3.05) is 5.75 Å². The monoisotopic (exact) mass is 277 g/mol. The van der Waals surface area contributed by atoms with E-state index in [4.69, 9.17) is 5.11 Å². The molecule has 6 heteroatoms. The van der Waals surface area contributed by atoms with E-state index in [2.05, 4.69) is 16.5 Å². The topological polar surface area (TPSA) is 68.0 Å². The zero-order valence-corrected chi connectivity index (χ0v) is 11.6. The van der Waals surface area contributed by atoms with Crippen LogP contribution in [0.2, 0.25) is 0 Å². The highest BCUT2D eigenvalue weighted by Gasteiger charge is 2.17. The third kappa shape index (κ3) is 2.63. The van der Waals surface area contributed by atoms with Gasteiger partial charge in [-0.25, -0.2) is 9.97 Å². The van der Waals surface area contributed by atoms with Gasteiger partial charge in [-0.3, -0.25) is 9.36 Å². The van der Waals surface area contributed by atoms with Crippen LogP contribution < -0.4 is 0 Å². The Morgan fingerprint density at radius 1 is 1.68 bits per heavy atom. The maximum atomic E-state index is 10.7. The first-order valence-corrected chi connectivity index (χ1v) is 6.84. The lowest BCUT2D eigenvalue weighted by Crippen LogP contribution is -2.06. The van der Waals surface area contributed by atoms with Crippen LogP contribution in [0.3, 0.4) is 0 Å². The molecule has 0 spiro atoms. The molecule has 2 rings (SSSR count). The number of hydrogen-bond acceptors (Lipinski definition) is 4. The lowest BCUT2D eigenvalue weighted by Gasteiger charge is -2.12. The number of carboxylic acids is 1. The minimum Gasteiger partial charge on any atom is -0.481 e. The molecule has 1 N–H and O–H groups in total. The van der Waals surface area contributed by atoms with Gasteiger partial charge in [0.25, 0.3) is 0 Å². The molecule has 0 saturated carbocycles. The summed E-state index contributed by atoms with van der Waals surface area (Å²) in [6.07, 6.45) is 3.52. The maximum absolute atomic E-state index is 10.7. The molecule has 0 aliphatic rings. The Kier molecular flexibility index (Phi) is 3.90. The predicted molar refractivity (Wildman–Crippen MR) is 75.5 cm³/mol. The van der Waals surface area contributed by atoms with Crippen LogP contribution in [0.15, 0.2) is 30.1 Å². The molecule has 0 amide bonds. The first kappa shape index (κ1) is 13.6. The molecule has 0 radical (unpaired) electrons. The van der Waals surface area contributed by atoms with E-state index in [1.807, 2.05) is 24.5 Å². The van der Waals surface area contributed by atoms with E-state index >= 15 is 0 Å². The third-order valence-corrected chi connectivity index (χ3v) is 3.76. The summed E-state index contributed by atoms with van der Waals surface area (Å²) >= 11 is 1.20. The van der Waals surface area contributed by atoms with E-state index in [0.29, 0.717) is 5.16 Å². The van der Waals surface area contributed by atoms with E-state index in [1.165, 1.54) is 11.8 Å². The summed E-state index contributed by atoms with van der Waals surface area (Å²) in [7, 11) is 0. The van der Waals surface area contributed by atoms with Crippen molar-refractivity contribution in [3.8, 4) is 0 Å². The number of imidazole rings is 1. The average molecular weight is 277 g/mol. The van der Waals surface area contributed by atoms with Gasteiger partial charge in [-0.2, -0.15) is 0 Å². The summed E-state index contributed by atoms with van der Waals surface area (Å²) in [5, 5.41) is 9.46. The number of hydrogen-bond donors (Lipinski definition) is 1. The zero-order chi connectivity index (χ0) is 14.0. The second kappa shape index (κ2) is 5.44. The summed E-state index contributed by atoms with van der Waals surface area (Å²) in [4.78, 5) is 19.6. The number of aromatic nitrogens is 3. The number of nitrogens with zero attached hydrogens (tertiary/aromatic N) is 3. The number of pyridine rings is 1. The fourth-order valence-corrected chi connectivity index (χ4v) is 2.59. The van der Waals surface area contributed by atoms with Crippen molar-refractivity contribution in [1.82, 2.24) is 14.5 Å². The van der Waals surface area contributed by atoms with Gasteiger partial charge in [-0.1, -0.05) is 17.8 Å². The van der Waals surface area contributed by atoms with Gasteiger partial charge in [0, 0.05) is 6.20 Å². The molecule has 0 saturated heterocycles. The number of fused-ring (bicyclic) bond motifs is 1. The molecule has 0 aromatic carbocycles. The van der Waals surface area contributed by atoms with E-state index in [-0.39, 0.29) is 11.8 Å². The number of thioether (sulfide) groups is 1. The molecule has 1 atom stereocenters. The third-order valence-electron chi connectivity index (χ3n) is 2.82. The molecule has 0 aliphatic heterocycles. The lowest BCUT2D eigenvalue weighted by molar-refractivity contribution is -0.133. The van der Waals surface area contributed by atoms with Gasteiger partial charge < -0.3 is 5.11 Å². The quantitative estimate of drug-likeness (QED) is 0.672. The average Bonchev–Trinajstić information content (AvgIpc) is 2.75. The van der Waals surface area contributed by atoms with Gasteiger partial charge in [-0.15, -0.1) is 6.58 Å². The van der Waals surface area contributed by atoms with Gasteiger partial charge in [0.15, 0.2) is 10.8 Å². The van der Waals surface area contributed by atoms with Crippen molar-refractivity contribution in [2.45, 2.75) is 25.0 Å². The van der Waals surface area contributed by atoms with Crippen molar-refractivity contribution in [2.24, 2.45) is 0 Å². The van der Waals surface area contributed by atoms with Crippen LogP contribution in [0.1, 0.15) is 18.5 Å². The highest BCUT2D eigenvalue weighted by Crippen LogP contribution is 2.28. The van der Waals surface area contributed by atoms with Crippen LogP contribution in [0.5, 0.6) is 0 Å². The minimum absolute atomic E-state index is 0.00981. The molecule has 19 heavy (non-hydrogen) atoms. The number of carbonyl (C=O) groups is 1. The number of aliphatic carboxylic acids is 1. The van der Waals surface area contributed by atoms with Crippen molar-refractivity contribution < 1.29 is 9.90 Å². The van der Waals surface area contributed by atoms with Crippen molar-refractivity contribution in [1.29, 1.82) is 0 Å². The molecule has 2 aromatic rings. The fourth-order valence-electron chi connectivity index (χ4n) is 1.79. The molecule has 2 heterocycles. The molecule has 2 aromatic heterocycles. The summed E-state index contributed by atoms with van der Waals surface area (Å²) in [6.45, 7) is 7.72. The Morgan fingerprint density at radius 2 is 2.42 bits per heavy atom. The molecule has 100 valence electrons. The van der Waals surface area contributed by atoms with Crippen LogP contribution >= 0.6 is 11.8 Å². The van der Waals surface area contributed by atoms with Crippen LogP contribution in [0, 0.1) is 6.92 Å². The fraction of sp³-hybridized carbons (Fsp3) is 0.308. The molecule has 5 nitrogen and oxygen atoms in total. The Morgan fingerprint density at radius 3 is 3.05 bits per heavy atom. The number of allylic oxidation sites excluding steroid dienone is 1. The first-order valence-electron chi connectivity index (χ1n) is 5.85. The Balaban J connectivity index is 2.57. The Hall–Kier alpha value is -1.82. The molecule has 0 fully saturated rings. The normalized spacial score (nSPS) is 12.5. The van der Waals surface area contributed by atoms with E-state index in [0.717, 1.165) is 16.7 Å². The summed E-state index contributed by atoms with van der Waals surface area (Å²) in [6, 6.07) is 1.90. The molecular formula is C13H15N3O2S. The molecule has 0 aliphatic carbocycles. The Bertz CT molecular complexity index is 636. The van der Waals surface area contributed by atoms with Crippen LogP contribution in [-0.2, 0) is 4.79 Å². The van der Waals surface area contributed by atoms with E-state index in [9.17, 15) is 4.79 Å². The smallest absolute Gasteiger partial charge is 0.313 e. The van der Waals surface area contributed by atoms with Gasteiger partial charge in [-0.05, 0) is 25.5 Å². The van der Waals surface area contributed by atoms with Crippen LogP contribution in [-0.4, -0.2) is 31.4 Å². The van der Waals surface area contributed by atoms with Crippen molar-refractivity contribution in [3.05, 3.63) is 30.5 Å². The van der Waals surface area contributed by atoms with Gasteiger partial charge in [0.1, 0.15) is 5.52 Å². The number of rotatable bonds is 5. The predicted octanol–water partition coefficient (Wildman–Crippen LogP) is 2.66. The zero-order valence-electron chi connectivity index (χ0n) is 10.8. The second-order valence-corrected chi connectivity index (χ2v) is 5.17. The second-order valence-electron chi connectivity index (χ2n) is 4.22. The standard InChI is InChI=1S/C13H15N3O2S/c1-4-9(3)16-12-11(8(2)5-6-14-12)15-13(16)19-7-10(17)18/h4-6,9H,1,7H2,2-3H3,(H,17,18). The summed E-state index contributed by atoms with van der Waals surface area (Å²) < 4.78 is 1.92. The highest BCUT2D eigenvalue weighted by atomic mass is 32.2. The van der Waals surface area contributed by atoms with Crippen LogP contribution in [0.25, 0.3) is 11.2 Å². The molecule has 1 unspecified atom stereocenters. The molecular weight excluding hydrogens is 262 g/mol. The SMILES string of the molecule is C=CC(C)n1c(SCC(=O)O)nc2c(C)ccnc21. The van der Waals surface area contributed by atoms with E-state index in [1.54, 1.807) is 12.3 Å². The highest BCUT2D eigenvalue weighted by molar-refractivity contribution is 7.99. The maximum Gasteiger partial charge on any atom is 0.313 e. The van der Waals surface area contributed by atoms with Crippen molar-refractivity contribution >= 4 is 28.9 Å². The summed E-state index contributed by atoms with van der Waals surface area (Å²) in [5.74, 6) is -0.883. The van der Waals surface area contributed by atoms with Gasteiger partial charge in [0.05, 0.1) is 11.8 Å². The minimum atomic E-state index is -0.862. The van der Waals surface area contributed by atoms with Crippen LogP contribution in [0.4, 0.5) is 0 Å². The van der Waals surface area contributed by atoms with Crippen molar-refractivity contribution in [3.63, 3.8) is 0 Å².